The molecule has 10 heteroatoms. The van der Waals surface area contributed by atoms with E-state index in [-0.39, 0.29) is 5.91 Å². The van der Waals surface area contributed by atoms with Crippen LogP contribution < -0.4 is 10.2 Å². The molecule has 6 rings (SSSR count). The van der Waals surface area contributed by atoms with Crippen molar-refractivity contribution < 1.29 is 13.9 Å². The Morgan fingerprint density at radius 2 is 1.97 bits per heavy atom. The van der Waals surface area contributed by atoms with Crippen LogP contribution in [-0.2, 0) is 11.3 Å². The first kappa shape index (κ1) is 24.4. The molecule has 0 aliphatic carbocycles. The van der Waals surface area contributed by atoms with E-state index in [1.165, 1.54) is 0 Å². The summed E-state index contributed by atoms with van der Waals surface area (Å²) in [5, 5.41) is 10.8. The molecule has 0 radical (unpaired) electrons. The highest BCUT2D eigenvalue weighted by atomic mass is 19.1. The molecule has 1 unspecified atom stereocenters. The van der Waals surface area contributed by atoms with Gasteiger partial charge in [0.1, 0.15) is 11.5 Å². The fraction of sp³-hybridized carbons (Fsp3) is 0.357. The Morgan fingerprint density at radius 1 is 1.11 bits per heavy atom. The standard InChI is InChI=1S/C28H30FN7O2/c1-28(29)6-7-36(18-28)25-5-3-22(16-31-25)32-27(37)26-23-13-20(2-4-24(23)33-34-26)21-12-19(14-30-15-21)17-35-8-10-38-11-9-35/h2-5,12-16H,6-11,17-18H2,1H3,(H,32,37)(H,33,34). The second-order valence-corrected chi connectivity index (χ2v) is 10.2. The average Bonchev–Trinajstić information content (AvgIpc) is 3.52. The molecular weight excluding hydrogens is 485 g/mol. The first-order chi connectivity index (χ1) is 18.4. The van der Waals surface area contributed by atoms with Crippen molar-refractivity contribution in [3.05, 3.63) is 66.2 Å². The Bertz CT molecular complexity index is 1450. The van der Waals surface area contributed by atoms with Crippen LogP contribution in [0.4, 0.5) is 15.9 Å². The van der Waals surface area contributed by atoms with Gasteiger partial charge in [0.2, 0.25) is 0 Å². The van der Waals surface area contributed by atoms with Gasteiger partial charge in [-0.05, 0) is 48.4 Å². The molecule has 2 fully saturated rings. The van der Waals surface area contributed by atoms with Crippen LogP contribution in [0.2, 0.25) is 0 Å². The van der Waals surface area contributed by atoms with E-state index in [4.69, 9.17) is 4.74 Å². The van der Waals surface area contributed by atoms with Crippen LogP contribution in [0.25, 0.3) is 22.0 Å². The monoisotopic (exact) mass is 515 g/mol. The fourth-order valence-electron chi connectivity index (χ4n) is 5.07. The number of nitrogens with one attached hydrogen (secondary N) is 2. The number of nitrogens with zero attached hydrogens (tertiary/aromatic N) is 5. The molecule has 4 aromatic rings. The normalized spacial score (nSPS) is 20.2. The van der Waals surface area contributed by atoms with Crippen molar-refractivity contribution in [1.29, 1.82) is 0 Å². The van der Waals surface area contributed by atoms with Gasteiger partial charge in [-0.25, -0.2) is 9.37 Å². The van der Waals surface area contributed by atoms with E-state index < -0.39 is 5.67 Å². The molecule has 0 bridgehead atoms. The second kappa shape index (κ2) is 10.1. The van der Waals surface area contributed by atoms with Gasteiger partial charge in [-0.3, -0.25) is 19.8 Å². The molecule has 9 nitrogen and oxygen atoms in total. The third kappa shape index (κ3) is 5.23. The van der Waals surface area contributed by atoms with Gasteiger partial charge in [0.25, 0.3) is 5.91 Å². The summed E-state index contributed by atoms with van der Waals surface area (Å²) in [5.74, 6) is 0.364. The molecule has 2 saturated heterocycles. The van der Waals surface area contributed by atoms with Gasteiger partial charge in [-0.15, -0.1) is 0 Å². The Hall–Kier alpha value is -3.89. The summed E-state index contributed by atoms with van der Waals surface area (Å²) in [4.78, 5) is 26.3. The van der Waals surface area contributed by atoms with Crippen molar-refractivity contribution in [3.8, 4) is 11.1 Å². The number of alkyl halides is 1. The number of anilines is 2. The first-order valence-corrected chi connectivity index (χ1v) is 12.9. The smallest absolute Gasteiger partial charge is 0.276 e. The Morgan fingerprint density at radius 3 is 2.74 bits per heavy atom. The molecule has 1 amide bonds. The maximum absolute atomic E-state index is 14.2. The number of hydrogen-bond donors (Lipinski definition) is 2. The molecule has 2 N–H and O–H groups in total. The predicted molar refractivity (Wildman–Crippen MR) is 144 cm³/mol. The van der Waals surface area contributed by atoms with E-state index in [0.29, 0.717) is 36.7 Å². The number of hydrogen-bond acceptors (Lipinski definition) is 7. The Balaban J connectivity index is 1.18. The van der Waals surface area contributed by atoms with Gasteiger partial charge in [-0.2, -0.15) is 5.10 Å². The molecule has 196 valence electrons. The van der Waals surface area contributed by atoms with Gasteiger partial charge in [0.05, 0.1) is 37.2 Å². The third-order valence-electron chi connectivity index (χ3n) is 7.17. The fourth-order valence-corrected chi connectivity index (χ4v) is 5.07. The molecule has 2 aliphatic heterocycles. The zero-order chi connectivity index (χ0) is 26.1. The summed E-state index contributed by atoms with van der Waals surface area (Å²) in [6, 6.07) is 11.6. The minimum Gasteiger partial charge on any atom is -0.379 e. The average molecular weight is 516 g/mol. The Kier molecular flexibility index (Phi) is 6.50. The molecule has 2 aliphatic rings. The van der Waals surface area contributed by atoms with Crippen LogP contribution in [0.5, 0.6) is 0 Å². The van der Waals surface area contributed by atoms with Crippen molar-refractivity contribution in [2.24, 2.45) is 0 Å². The first-order valence-electron chi connectivity index (χ1n) is 12.9. The van der Waals surface area contributed by atoms with Crippen LogP contribution >= 0.6 is 0 Å². The largest absolute Gasteiger partial charge is 0.379 e. The molecule has 1 atom stereocenters. The highest BCUT2D eigenvalue weighted by Gasteiger charge is 2.34. The number of fused-ring (bicyclic) bond motifs is 1. The summed E-state index contributed by atoms with van der Waals surface area (Å²) in [6.07, 6.45) is 5.80. The van der Waals surface area contributed by atoms with E-state index in [2.05, 4.69) is 36.4 Å². The number of amides is 1. The number of benzene rings is 1. The van der Waals surface area contributed by atoms with Crippen molar-refractivity contribution in [1.82, 2.24) is 25.1 Å². The maximum Gasteiger partial charge on any atom is 0.276 e. The Labute approximate surface area is 220 Å². The van der Waals surface area contributed by atoms with Crippen LogP contribution in [0.1, 0.15) is 29.4 Å². The minimum absolute atomic E-state index is 0.302. The van der Waals surface area contributed by atoms with E-state index in [1.807, 2.05) is 35.5 Å². The van der Waals surface area contributed by atoms with E-state index in [1.54, 1.807) is 25.3 Å². The summed E-state index contributed by atoms with van der Waals surface area (Å²) in [6.45, 7) is 6.72. The van der Waals surface area contributed by atoms with Crippen LogP contribution in [0.3, 0.4) is 0 Å². The number of halogens is 1. The zero-order valence-corrected chi connectivity index (χ0v) is 21.3. The van der Waals surface area contributed by atoms with Crippen molar-refractivity contribution in [2.45, 2.75) is 25.6 Å². The SMILES string of the molecule is CC1(F)CCN(c2ccc(NC(=O)c3n[nH]c4ccc(-c5cncc(CN6CCOCC6)c5)cc34)cn2)C1. The number of pyridine rings is 2. The second-order valence-electron chi connectivity index (χ2n) is 10.2. The summed E-state index contributed by atoms with van der Waals surface area (Å²) in [5.41, 5.74) is 3.50. The van der Waals surface area contributed by atoms with Crippen LogP contribution in [0, 0.1) is 0 Å². The summed E-state index contributed by atoms with van der Waals surface area (Å²) >= 11 is 0. The van der Waals surface area contributed by atoms with Crippen LogP contribution in [-0.4, -0.2) is 76.0 Å². The number of aromatic nitrogens is 4. The van der Waals surface area contributed by atoms with Gasteiger partial charge in [0, 0.05) is 55.9 Å². The lowest BCUT2D eigenvalue weighted by molar-refractivity contribution is 0.0341. The lowest BCUT2D eigenvalue weighted by atomic mass is 10.0. The van der Waals surface area contributed by atoms with E-state index >= 15 is 0 Å². The number of rotatable bonds is 6. The molecular formula is C28H30FN7O2. The van der Waals surface area contributed by atoms with Crippen LogP contribution in [0.15, 0.2) is 55.0 Å². The van der Waals surface area contributed by atoms with Crippen molar-refractivity contribution >= 4 is 28.3 Å². The minimum atomic E-state index is -1.20. The molecule has 5 heterocycles. The number of ether oxygens (including phenoxy) is 1. The van der Waals surface area contributed by atoms with Gasteiger partial charge in [0.15, 0.2) is 5.69 Å². The molecule has 0 spiro atoms. The maximum atomic E-state index is 14.2. The number of morpholine rings is 1. The zero-order valence-electron chi connectivity index (χ0n) is 21.3. The highest BCUT2D eigenvalue weighted by molar-refractivity contribution is 6.11. The number of carbonyl (C=O) groups is 1. The van der Waals surface area contributed by atoms with Crippen molar-refractivity contribution in [3.63, 3.8) is 0 Å². The number of H-pyrrole nitrogens is 1. The summed E-state index contributed by atoms with van der Waals surface area (Å²) < 4.78 is 19.6. The third-order valence-corrected chi connectivity index (χ3v) is 7.17. The molecule has 38 heavy (non-hydrogen) atoms. The van der Waals surface area contributed by atoms with Gasteiger partial charge >= 0.3 is 0 Å². The quantitative estimate of drug-likeness (QED) is 0.400. The van der Waals surface area contributed by atoms with Gasteiger partial charge < -0.3 is 15.0 Å². The number of aromatic amines is 1. The van der Waals surface area contributed by atoms with Crippen molar-refractivity contribution in [2.75, 3.05) is 49.6 Å². The molecule has 3 aromatic heterocycles. The topological polar surface area (TPSA) is 99.3 Å². The lowest BCUT2D eigenvalue weighted by Gasteiger charge is -2.26. The highest BCUT2D eigenvalue weighted by Crippen LogP contribution is 2.29. The van der Waals surface area contributed by atoms with Gasteiger partial charge in [-0.1, -0.05) is 6.07 Å². The summed E-state index contributed by atoms with van der Waals surface area (Å²) in [7, 11) is 0. The molecule has 1 aromatic carbocycles. The predicted octanol–water partition coefficient (Wildman–Crippen LogP) is 4.04. The lowest BCUT2D eigenvalue weighted by Crippen LogP contribution is -2.35. The molecule has 0 saturated carbocycles. The van der Waals surface area contributed by atoms with E-state index in [9.17, 15) is 9.18 Å². The van der Waals surface area contributed by atoms with E-state index in [0.717, 1.165) is 60.4 Å². The number of carbonyl (C=O) groups excluding carboxylic acids is 1.